The number of guanidine groups is 1. The lowest BCUT2D eigenvalue weighted by molar-refractivity contribution is -0.137. The second kappa shape index (κ2) is 4.64. The summed E-state index contributed by atoms with van der Waals surface area (Å²) < 4.78 is 38.7. The van der Waals surface area contributed by atoms with Crippen LogP contribution in [-0.2, 0) is 11.7 Å². The minimum atomic E-state index is -4.33. The first-order chi connectivity index (χ1) is 9.80. The van der Waals surface area contributed by atoms with Gasteiger partial charge in [-0.15, -0.1) is 0 Å². The summed E-state index contributed by atoms with van der Waals surface area (Å²) in [4.78, 5) is 6.22. The number of hydrogen-bond donors (Lipinski definition) is 1. The third-order valence-electron chi connectivity index (χ3n) is 4.37. The van der Waals surface area contributed by atoms with Crippen LogP contribution in [0.1, 0.15) is 30.9 Å². The molecule has 1 unspecified atom stereocenters. The number of alkyl halides is 3. The van der Waals surface area contributed by atoms with E-state index in [4.69, 9.17) is 5.73 Å². The summed E-state index contributed by atoms with van der Waals surface area (Å²) in [7, 11) is 0. The standard InChI is InChI=1S/C15H18F3N3/c1-14(9-20-13(19)21(14)8-10-5-6-10)11-3-2-4-12(7-11)15(16,17)18/h2-4,7,10H,5-6,8-9H2,1H3,(H2,19,20). The van der Waals surface area contributed by atoms with Crippen molar-refractivity contribution in [3.63, 3.8) is 0 Å². The zero-order valence-corrected chi connectivity index (χ0v) is 11.8. The molecular formula is C15H18F3N3. The number of aliphatic imine (C=N–C) groups is 1. The third-order valence-corrected chi connectivity index (χ3v) is 4.37. The van der Waals surface area contributed by atoms with E-state index in [1.54, 1.807) is 6.07 Å². The molecule has 1 fully saturated rings. The van der Waals surface area contributed by atoms with Gasteiger partial charge in [0.1, 0.15) is 0 Å². The van der Waals surface area contributed by atoms with Gasteiger partial charge < -0.3 is 10.6 Å². The Morgan fingerprint density at radius 3 is 2.71 bits per heavy atom. The molecule has 0 amide bonds. The molecule has 1 heterocycles. The molecule has 3 nitrogen and oxygen atoms in total. The SMILES string of the molecule is CC1(c2cccc(C(F)(F)F)c2)CN=C(N)N1CC1CC1. The summed E-state index contributed by atoms with van der Waals surface area (Å²) >= 11 is 0. The Bertz CT molecular complexity index is 578. The van der Waals surface area contributed by atoms with E-state index < -0.39 is 17.3 Å². The van der Waals surface area contributed by atoms with Crippen LogP contribution in [0.2, 0.25) is 0 Å². The molecule has 1 saturated carbocycles. The van der Waals surface area contributed by atoms with Crippen LogP contribution in [0.3, 0.4) is 0 Å². The zero-order valence-electron chi connectivity index (χ0n) is 11.8. The van der Waals surface area contributed by atoms with E-state index in [2.05, 4.69) is 4.99 Å². The van der Waals surface area contributed by atoms with E-state index >= 15 is 0 Å². The molecule has 1 aromatic rings. The van der Waals surface area contributed by atoms with Crippen LogP contribution in [0, 0.1) is 5.92 Å². The Labute approximate surface area is 121 Å². The third kappa shape index (κ3) is 2.59. The van der Waals surface area contributed by atoms with Gasteiger partial charge in [0.25, 0.3) is 0 Å². The van der Waals surface area contributed by atoms with E-state index in [-0.39, 0.29) is 0 Å². The lowest BCUT2D eigenvalue weighted by Crippen LogP contribution is -2.48. The largest absolute Gasteiger partial charge is 0.416 e. The highest BCUT2D eigenvalue weighted by Crippen LogP contribution is 2.39. The highest BCUT2D eigenvalue weighted by molar-refractivity contribution is 5.81. The van der Waals surface area contributed by atoms with Crippen molar-refractivity contribution >= 4 is 5.96 Å². The van der Waals surface area contributed by atoms with Crippen LogP contribution in [0.4, 0.5) is 13.2 Å². The molecule has 1 aliphatic heterocycles. The molecule has 1 atom stereocenters. The first kappa shape index (κ1) is 14.2. The van der Waals surface area contributed by atoms with Gasteiger partial charge in [0, 0.05) is 6.54 Å². The summed E-state index contributed by atoms with van der Waals surface area (Å²) in [6.45, 7) is 3.07. The van der Waals surface area contributed by atoms with Crippen molar-refractivity contribution in [3.05, 3.63) is 35.4 Å². The van der Waals surface area contributed by atoms with Crippen molar-refractivity contribution in [2.24, 2.45) is 16.6 Å². The van der Waals surface area contributed by atoms with Crippen LogP contribution in [0.25, 0.3) is 0 Å². The molecule has 0 aromatic heterocycles. The van der Waals surface area contributed by atoms with Gasteiger partial charge in [0.15, 0.2) is 5.96 Å². The van der Waals surface area contributed by atoms with Crippen molar-refractivity contribution in [1.82, 2.24) is 4.90 Å². The Hall–Kier alpha value is -1.72. The van der Waals surface area contributed by atoms with Gasteiger partial charge in [-0.2, -0.15) is 13.2 Å². The molecule has 6 heteroatoms. The summed E-state index contributed by atoms with van der Waals surface area (Å²) in [5.74, 6) is 1.02. The minimum Gasteiger partial charge on any atom is -0.370 e. The van der Waals surface area contributed by atoms with E-state index in [0.29, 0.717) is 24.0 Å². The quantitative estimate of drug-likeness (QED) is 0.932. The van der Waals surface area contributed by atoms with Gasteiger partial charge in [-0.25, -0.2) is 0 Å². The van der Waals surface area contributed by atoms with Crippen LogP contribution >= 0.6 is 0 Å². The lowest BCUT2D eigenvalue weighted by Gasteiger charge is -2.37. The molecule has 2 N–H and O–H groups in total. The number of nitrogens with two attached hydrogens (primary N) is 1. The smallest absolute Gasteiger partial charge is 0.370 e. The number of hydrogen-bond acceptors (Lipinski definition) is 3. The molecule has 1 aromatic carbocycles. The summed E-state index contributed by atoms with van der Waals surface area (Å²) in [5, 5.41) is 0. The van der Waals surface area contributed by atoms with Crippen molar-refractivity contribution in [3.8, 4) is 0 Å². The fourth-order valence-corrected chi connectivity index (χ4v) is 2.79. The summed E-state index contributed by atoms with van der Waals surface area (Å²) in [6.07, 6.45) is -2.02. The minimum absolute atomic E-state index is 0.396. The average Bonchev–Trinajstić information content (AvgIpc) is 3.20. The molecule has 21 heavy (non-hydrogen) atoms. The Balaban J connectivity index is 1.94. The fourth-order valence-electron chi connectivity index (χ4n) is 2.79. The Morgan fingerprint density at radius 2 is 2.10 bits per heavy atom. The van der Waals surface area contributed by atoms with Crippen LogP contribution < -0.4 is 5.73 Å². The van der Waals surface area contributed by atoms with E-state index in [0.717, 1.165) is 25.5 Å². The first-order valence-electron chi connectivity index (χ1n) is 7.06. The molecule has 0 spiro atoms. The topological polar surface area (TPSA) is 41.6 Å². The highest BCUT2D eigenvalue weighted by Gasteiger charge is 2.43. The van der Waals surface area contributed by atoms with E-state index in [9.17, 15) is 13.2 Å². The number of nitrogens with zero attached hydrogens (tertiary/aromatic N) is 2. The van der Waals surface area contributed by atoms with Gasteiger partial charge in [-0.3, -0.25) is 4.99 Å². The maximum atomic E-state index is 12.9. The second-order valence-corrected chi connectivity index (χ2v) is 6.08. The molecule has 1 aliphatic carbocycles. The predicted octanol–water partition coefficient (Wildman–Crippen LogP) is 2.96. The van der Waals surface area contributed by atoms with Crippen LogP contribution in [-0.4, -0.2) is 23.9 Å². The highest BCUT2D eigenvalue weighted by atomic mass is 19.4. The first-order valence-corrected chi connectivity index (χ1v) is 7.06. The zero-order chi connectivity index (χ0) is 15.3. The van der Waals surface area contributed by atoms with Crippen molar-refractivity contribution in [1.29, 1.82) is 0 Å². The van der Waals surface area contributed by atoms with Crippen LogP contribution in [0.15, 0.2) is 29.3 Å². The molecule has 0 radical (unpaired) electrons. The average molecular weight is 297 g/mol. The van der Waals surface area contributed by atoms with Crippen LogP contribution in [0.5, 0.6) is 0 Å². The van der Waals surface area contributed by atoms with E-state index in [1.807, 2.05) is 11.8 Å². The van der Waals surface area contributed by atoms with Crippen molar-refractivity contribution in [2.75, 3.05) is 13.1 Å². The molecule has 0 saturated heterocycles. The van der Waals surface area contributed by atoms with E-state index in [1.165, 1.54) is 12.1 Å². The molecular weight excluding hydrogens is 279 g/mol. The number of benzene rings is 1. The monoisotopic (exact) mass is 297 g/mol. The lowest BCUT2D eigenvalue weighted by atomic mass is 9.89. The van der Waals surface area contributed by atoms with Crippen molar-refractivity contribution in [2.45, 2.75) is 31.5 Å². The van der Waals surface area contributed by atoms with Gasteiger partial charge in [-0.05, 0) is 43.4 Å². The molecule has 3 rings (SSSR count). The van der Waals surface area contributed by atoms with Gasteiger partial charge in [0.05, 0.1) is 17.6 Å². The summed E-state index contributed by atoms with van der Waals surface area (Å²) in [6, 6.07) is 5.49. The van der Waals surface area contributed by atoms with Gasteiger partial charge in [-0.1, -0.05) is 12.1 Å². The molecule has 114 valence electrons. The normalized spacial score (nSPS) is 26.1. The number of halogens is 3. The second-order valence-electron chi connectivity index (χ2n) is 6.08. The number of rotatable bonds is 3. The maximum Gasteiger partial charge on any atom is 0.416 e. The fraction of sp³-hybridized carbons (Fsp3) is 0.533. The molecule has 0 bridgehead atoms. The Morgan fingerprint density at radius 1 is 1.38 bits per heavy atom. The van der Waals surface area contributed by atoms with Crippen molar-refractivity contribution < 1.29 is 13.2 Å². The predicted molar refractivity (Wildman–Crippen MR) is 74.7 cm³/mol. The van der Waals surface area contributed by atoms with Gasteiger partial charge in [0.2, 0.25) is 0 Å². The maximum absolute atomic E-state index is 12.9. The molecule has 2 aliphatic rings. The Kier molecular flexibility index (Phi) is 3.15. The van der Waals surface area contributed by atoms with Gasteiger partial charge >= 0.3 is 6.18 Å². The summed E-state index contributed by atoms with van der Waals surface area (Å²) in [5.41, 5.74) is 5.34.